The zero-order chi connectivity index (χ0) is 21.2. The minimum Gasteiger partial charge on any atom is -0.496 e. The number of nitrogens with one attached hydrogen (secondary N) is 1. The van der Waals surface area contributed by atoms with Crippen LogP contribution in [0.15, 0.2) is 36.4 Å². The van der Waals surface area contributed by atoms with Gasteiger partial charge in [-0.25, -0.2) is 8.42 Å². The molecule has 1 N–H and O–H groups in total. The van der Waals surface area contributed by atoms with Gasteiger partial charge >= 0.3 is 0 Å². The average Bonchev–Trinajstić information content (AvgIpc) is 2.67. The van der Waals surface area contributed by atoms with Gasteiger partial charge in [0.1, 0.15) is 5.75 Å². The van der Waals surface area contributed by atoms with Crippen LogP contribution in [0.1, 0.15) is 23.1 Å². The molecule has 0 aliphatic heterocycles. The van der Waals surface area contributed by atoms with Crippen LogP contribution < -0.4 is 9.46 Å². The number of nitro benzene ring substituents is 1. The Bertz CT molecular complexity index is 1020. The van der Waals surface area contributed by atoms with Gasteiger partial charge in [0.15, 0.2) is 0 Å². The Balaban J connectivity index is 1.87. The van der Waals surface area contributed by atoms with Gasteiger partial charge in [0, 0.05) is 23.7 Å². The third-order valence-corrected chi connectivity index (χ3v) is 6.49. The minimum atomic E-state index is -3.74. The average molecular weight is 420 g/mol. The van der Waals surface area contributed by atoms with Crippen molar-refractivity contribution in [1.29, 1.82) is 0 Å². The van der Waals surface area contributed by atoms with Crippen LogP contribution in [-0.2, 0) is 28.6 Å². The first kappa shape index (κ1) is 21.1. The molecule has 156 valence electrons. The maximum atomic E-state index is 12.7. The van der Waals surface area contributed by atoms with Gasteiger partial charge in [-0.1, -0.05) is 12.1 Å². The van der Waals surface area contributed by atoms with Crippen molar-refractivity contribution in [1.82, 2.24) is 4.90 Å². The zero-order valence-electron chi connectivity index (χ0n) is 16.7. The molecule has 0 saturated carbocycles. The standard InChI is InChI=1S/C20H25N3O5S/c1-22(2)15-7-8-17-18(12-15)20(28-3)10-9-19(17)21-29(26,27)13-14-5-4-6-16(11-14)23(24)25/h4-6,9-11,15,21H,7-8,12-13H2,1-3H3/t15-/m0/s1. The molecule has 2 aromatic carbocycles. The Kier molecular flexibility index (Phi) is 6.09. The number of hydrogen-bond acceptors (Lipinski definition) is 6. The third kappa shape index (κ3) is 4.86. The van der Waals surface area contributed by atoms with Gasteiger partial charge in [-0.05, 0) is 56.6 Å². The van der Waals surface area contributed by atoms with Crippen molar-refractivity contribution < 1.29 is 18.1 Å². The van der Waals surface area contributed by atoms with E-state index < -0.39 is 14.9 Å². The van der Waals surface area contributed by atoms with E-state index in [0.29, 0.717) is 17.3 Å². The molecule has 8 nitrogen and oxygen atoms in total. The highest BCUT2D eigenvalue weighted by atomic mass is 32.2. The molecule has 2 aromatic rings. The van der Waals surface area contributed by atoms with Crippen LogP contribution >= 0.6 is 0 Å². The second-order valence-corrected chi connectivity index (χ2v) is 9.14. The van der Waals surface area contributed by atoms with Crippen molar-refractivity contribution in [2.45, 2.75) is 31.1 Å². The number of nitrogens with zero attached hydrogens (tertiary/aromatic N) is 2. The molecule has 0 unspecified atom stereocenters. The summed E-state index contributed by atoms with van der Waals surface area (Å²) in [5, 5.41) is 10.9. The Labute approximate surface area is 170 Å². The monoisotopic (exact) mass is 419 g/mol. The van der Waals surface area contributed by atoms with E-state index in [0.717, 1.165) is 36.1 Å². The van der Waals surface area contributed by atoms with E-state index >= 15 is 0 Å². The molecule has 3 rings (SSSR count). The molecule has 9 heteroatoms. The summed E-state index contributed by atoms with van der Waals surface area (Å²) in [7, 11) is 1.95. The van der Waals surface area contributed by atoms with E-state index in [2.05, 4.69) is 9.62 Å². The number of non-ortho nitro benzene ring substituents is 1. The predicted molar refractivity (Wildman–Crippen MR) is 112 cm³/mol. The molecule has 1 aliphatic carbocycles. The van der Waals surface area contributed by atoms with Crippen LogP contribution in [0.3, 0.4) is 0 Å². The summed E-state index contributed by atoms with van der Waals surface area (Å²) < 4.78 is 33.7. The number of sulfonamides is 1. The van der Waals surface area contributed by atoms with E-state index in [1.54, 1.807) is 25.3 Å². The fraction of sp³-hybridized carbons (Fsp3) is 0.400. The van der Waals surface area contributed by atoms with Crippen LogP contribution in [0.5, 0.6) is 5.75 Å². The summed E-state index contributed by atoms with van der Waals surface area (Å²) in [5.41, 5.74) is 2.75. The van der Waals surface area contributed by atoms with Gasteiger partial charge in [0.25, 0.3) is 5.69 Å². The molecule has 0 amide bonds. The normalized spacial score (nSPS) is 16.3. The summed E-state index contributed by atoms with van der Waals surface area (Å²) in [6.07, 6.45) is 2.45. The van der Waals surface area contributed by atoms with E-state index in [1.807, 2.05) is 14.1 Å². The van der Waals surface area contributed by atoms with Gasteiger partial charge < -0.3 is 9.64 Å². The summed E-state index contributed by atoms with van der Waals surface area (Å²) in [6, 6.07) is 9.54. The van der Waals surface area contributed by atoms with Gasteiger partial charge in [0.05, 0.1) is 23.5 Å². The molecule has 0 bridgehead atoms. The molecule has 0 aromatic heterocycles. The smallest absolute Gasteiger partial charge is 0.269 e. The van der Waals surface area contributed by atoms with Crippen molar-refractivity contribution in [3.05, 3.63) is 63.2 Å². The highest BCUT2D eigenvalue weighted by Gasteiger charge is 2.26. The van der Waals surface area contributed by atoms with Crippen molar-refractivity contribution >= 4 is 21.4 Å². The van der Waals surface area contributed by atoms with Gasteiger partial charge in [-0.2, -0.15) is 0 Å². The van der Waals surface area contributed by atoms with E-state index in [-0.39, 0.29) is 11.4 Å². The number of nitro groups is 1. The van der Waals surface area contributed by atoms with Crippen LogP contribution in [0, 0.1) is 10.1 Å². The number of rotatable bonds is 7. The van der Waals surface area contributed by atoms with Crippen molar-refractivity contribution in [2.24, 2.45) is 0 Å². The number of hydrogen-bond donors (Lipinski definition) is 1. The summed E-state index contributed by atoms with van der Waals surface area (Å²) >= 11 is 0. The summed E-state index contributed by atoms with van der Waals surface area (Å²) in [5.74, 6) is 0.420. The number of fused-ring (bicyclic) bond motifs is 1. The largest absolute Gasteiger partial charge is 0.496 e. The Morgan fingerprint density at radius 1 is 1.24 bits per heavy atom. The maximum Gasteiger partial charge on any atom is 0.269 e. The molecule has 0 fully saturated rings. The van der Waals surface area contributed by atoms with Crippen molar-refractivity contribution in [3.63, 3.8) is 0 Å². The SMILES string of the molecule is COc1ccc(NS(=O)(=O)Cc2cccc([N+](=O)[O-])c2)c2c1C[C@@H](N(C)C)CC2. The molecule has 1 aliphatic rings. The van der Waals surface area contributed by atoms with Crippen LogP contribution in [0.2, 0.25) is 0 Å². The fourth-order valence-electron chi connectivity index (χ4n) is 3.74. The number of ether oxygens (including phenoxy) is 1. The Morgan fingerprint density at radius 3 is 2.66 bits per heavy atom. The lowest BCUT2D eigenvalue weighted by molar-refractivity contribution is -0.384. The van der Waals surface area contributed by atoms with Gasteiger partial charge in [-0.15, -0.1) is 0 Å². The Hall–Kier alpha value is -2.65. The molecule has 1 atom stereocenters. The molecular weight excluding hydrogens is 394 g/mol. The molecule has 0 saturated heterocycles. The number of anilines is 1. The Morgan fingerprint density at radius 2 is 2.00 bits per heavy atom. The highest BCUT2D eigenvalue weighted by Crippen LogP contribution is 2.36. The molecule has 0 spiro atoms. The topological polar surface area (TPSA) is 102 Å². The van der Waals surface area contributed by atoms with Crippen molar-refractivity contribution in [2.75, 3.05) is 25.9 Å². The lowest BCUT2D eigenvalue weighted by Gasteiger charge is -2.32. The second-order valence-electron chi connectivity index (χ2n) is 7.42. The first-order chi connectivity index (χ1) is 13.7. The van der Waals surface area contributed by atoms with E-state index in [4.69, 9.17) is 4.74 Å². The van der Waals surface area contributed by atoms with E-state index in [9.17, 15) is 18.5 Å². The summed E-state index contributed by atoms with van der Waals surface area (Å²) in [4.78, 5) is 12.6. The maximum absolute atomic E-state index is 12.7. The molecule has 0 heterocycles. The molecular formula is C20H25N3O5S. The lowest BCUT2D eigenvalue weighted by Crippen LogP contribution is -2.34. The van der Waals surface area contributed by atoms with Gasteiger partial charge in [0.2, 0.25) is 10.0 Å². The minimum absolute atomic E-state index is 0.130. The van der Waals surface area contributed by atoms with Gasteiger partial charge in [-0.3, -0.25) is 14.8 Å². The molecule has 0 radical (unpaired) electrons. The molecule has 29 heavy (non-hydrogen) atoms. The van der Waals surface area contributed by atoms with E-state index in [1.165, 1.54) is 18.2 Å². The first-order valence-electron chi connectivity index (χ1n) is 9.29. The number of benzene rings is 2. The number of methoxy groups -OCH3 is 1. The second kappa shape index (κ2) is 8.38. The van der Waals surface area contributed by atoms with Crippen LogP contribution in [0.25, 0.3) is 0 Å². The zero-order valence-corrected chi connectivity index (χ0v) is 17.5. The predicted octanol–water partition coefficient (Wildman–Crippen LogP) is 2.96. The quantitative estimate of drug-likeness (QED) is 0.547. The van der Waals surface area contributed by atoms with Crippen LogP contribution in [0.4, 0.5) is 11.4 Å². The van der Waals surface area contributed by atoms with Crippen LogP contribution in [-0.4, -0.2) is 45.5 Å². The third-order valence-electron chi connectivity index (χ3n) is 5.25. The summed E-state index contributed by atoms with van der Waals surface area (Å²) in [6.45, 7) is 0. The highest BCUT2D eigenvalue weighted by molar-refractivity contribution is 7.91. The first-order valence-corrected chi connectivity index (χ1v) is 10.9. The fourth-order valence-corrected chi connectivity index (χ4v) is 4.96. The lowest BCUT2D eigenvalue weighted by atomic mass is 9.86. The van der Waals surface area contributed by atoms with Crippen molar-refractivity contribution in [3.8, 4) is 5.75 Å². The number of likely N-dealkylation sites (N-methyl/N-ethyl adjacent to an activating group) is 1.